The second-order valence-electron chi connectivity index (χ2n) is 7.62. The molecular weight excluding hydrogens is 324 g/mol. The maximum Gasteiger partial charge on any atom is 0.0885 e. The zero-order valence-electron chi connectivity index (χ0n) is 15.3. The molecule has 2 aromatic heterocycles. The minimum absolute atomic E-state index is 0.942. The van der Waals surface area contributed by atoms with Gasteiger partial charge in [-0.1, -0.05) is 50.5 Å². The summed E-state index contributed by atoms with van der Waals surface area (Å²) < 4.78 is 0. The molecule has 0 saturated heterocycles. The summed E-state index contributed by atoms with van der Waals surface area (Å²) >= 11 is 0. The molecule has 2 nitrogen and oxygen atoms in total. The number of nitrogens with zero attached hydrogens (tertiary/aromatic N) is 2. The highest BCUT2D eigenvalue weighted by Crippen LogP contribution is 2.16. The first-order chi connectivity index (χ1) is 11.3. The second-order valence-corrected chi connectivity index (χ2v) is 17.1. The molecule has 0 fully saturated rings. The van der Waals surface area contributed by atoms with Crippen molar-refractivity contribution in [2.45, 2.75) is 38.3 Å². The molecule has 0 aliphatic rings. The average Bonchev–Trinajstić information content (AvgIpc) is 2.55. The van der Waals surface area contributed by atoms with Gasteiger partial charge < -0.3 is 0 Å². The fraction of sp³-hybridized carbons (Fsp3) is 0.300. The number of hydrogen-bond acceptors (Lipinski definition) is 2. The molecule has 2 heterocycles. The quantitative estimate of drug-likeness (QED) is 0.547. The van der Waals surface area contributed by atoms with Crippen LogP contribution < -0.4 is 10.4 Å². The Bertz CT molecular complexity index is 638. The Morgan fingerprint density at radius 1 is 0.750 bits per heavy atom. The molecular formula is C20H28N2Si2. The lowest BCUT2D eigenvalue weighted by molar-refractivity contribution is 1.26. The highest BCUT2D eigenvalue weighted by Gasteiger charge is 2.23. The van der Waals surface area contributed by atoms with E-state index in [1.54, 1.807) is 0 Å². The summed E-state index contributed by atoms with van der Waals surface area (Å²) in [7, 11) is -2.90. The van der Waals surface area contributed by atoms with E-state index >= 15 is 0 Å². The van der Waals surface area contributed by atoms with Crippen molar-refractivity contribution in [3.8, 4) is 11.4 Å². The number of allylic oxidation sites excluding steroid dienone is 2. The van der Waals surface area contributed by atoms with Gasteiger partial charge in [0.2, 0.25) is 0 Å². The third-order valence-corrected chi connectivity index (χ3v) is 11.0. The van der Waals surface area contributed by atoms with Crippen molar-refractivity contribution in [3.05, 3.63) is 62.0 Å². The highest BCUT2D eigenvalue weighted by molar-refractivity contribution is 6.90. The van der Waals surface area contributed by atoms with Crippen LogP contribution in [-0.2, 0) is 0 Å². The van der Waals surface area contributed by atoms with Crippen molar-refractivity contribution in [2.24, 2.45) is 0 Å². The molecule has 24 heavy (non-hydrogen) atoms. The van der Waals surface area contributed by atoms with E-state index in [2.05, 4.69) is 73.6 Å². The van der Waals surface area contributed by atoms with Gasteiger partial charge in [0.25, 0.3) is 0 Å². The molecule has 126 valence electrons. The third kappa shape index (κ3) is 4.19. The fourth-order valence-corrected chi connectivity index (χ4v) is 6.66. The van der Waals surface area contributed by atoms with Gasteiger partial charge in [-0.3, -0.25) is 9.97 Å². The molecule has 0 atom stereocenters. The molecule has 0 amide bonds. The van der Waals surface area contributed by atoms with Crippen LogP contribution in [0.5, 0.6) is 0 Å². The van der Waals surface area contributed by atoms with Crippen molar-refractivity contribution in [1.29, 1.82) is 0 Å². The maximum absolute atomic E-state index is 4.66. The lowest BCUT2D eigenvalue weighted by Gasteiger charge is -2.21. The van der Waals surface area contributed by atoms with Crippen molar-refractivity contribution in [3.63, 3.8) is 0 Å². The maximum atomic E-state index is 4.66. The normalized spacial score (nSPS) is 12.0. The molecule has 0 spiro atoms. The van der Waals surface area contributed by atoms with Gasteiger partial charge in [-0.05, 0) is 34.6 Å². The molecule has 0 aliphatic heterocycles. The minimum Gasteiger partial charge on any atom is -0.255 e. The van der Waals surface area contributed by atoms with Gasteiger partial charge in [0.1, 0.15) is 0 Å². The molecule has 0 aromatic carbocycles. The van der Waals surface area contributed by atoms with Gasteiger partial charge >= 0.3 is 0 Å². The third-order valence-electron chi connectivity index (χ3n) is 4.66. The molecule has 0 bridgehead atoms. The van der Waals surface area contributed by atoms with Crippen molar-refractivity contribution in [1.82, 2.24) is 9.97 Å². The van der Waals surface area contributed by atoms with Crippen LogP contribution in [0.15, 0.2) is 62.0 Å². The zero-order valence-corrected chi connectivity index (χ0v) is 17.3. The van der Waals surface area contributed by atoms with E-state index in [0.717, 1.165) is 23.5 Å². The fourth-order valence-electron chi connectivity index (χ4n) is 2.85. The summed E-state index contributed by atoms with van der Waals surface area (Å²) in [4.78, 5) is 9.32. The van der Waals surface area contributed by atoms with Crippen LogP contribution in [-0.4, -0.2) is 26.1 Å². The Balaban J connectivity index is 2.24. The lowest BCUT2D eigenvalue weighted by atomic mass is 10.2. The highest BCUT2D eigenvalue weighted by atomic mass is 28.3. The first-order valence-corrected chi connectivity index (χ1v) is 14.9. The van der Waals surface area contributed by atoms with E-state index in [9.17, 15) is 0 Å². The van der Waals surface area contributed by atoms with Gasteiger partial charge in [0.05, 0.1) is 27.5 Å². The van der Waals surface area contributed by atoms with Gasteiger partial charge in [-0.25, -0.2) is 0 Å². The van der Waals surface area contributed by atoms with E-state index in [1.807, 2.05) is 24.5 Å². The largest absolute Gasteiger partial charge is 0.255 e. The average molecular weight is 353 g/mol. The van der Waals surface area contributed by atoms with Crippen LogP contribution >= 0.6 is 0 Å². The van der Waals surface area contributed by atoms with Crippen LogP contribution in [0.3, 0.4) is 0 Å². The van der Waals surface area contributed by atoms with Gasteiger partial charge in [-0.15, -0.1) is 13.2 Å². The molecule has 0 unspecified atom stereocenters. The second kappa shape index (κ2) is 7.40. The number of rotatable bonds is 7. The number of pyridine rings is 2. The Labute approximate surface area is 148 Å². The Morgan fingerprint density at radius 2 is 1.12 bits per heavy atom. The Hall–Kier alpha value is -1.79. The SMILES string of the molecule is C=CC[Si](C)(C)c1ccc(-c2ccc([Si](C)(C)CC=C)cn2)nc1. The molecule has 2 aromatic rings. The molecule has 4 heteroatoms. The Kier molecular flexibility index (Phi) is 5.72. The Morgan fingerprint density at radius 3 is 1.38 bits per heavy atom. The topological polar surface area (TPSA) is 25.8 Å². The van der Waals surface area contributed by atoms with Gasteiger partial charge in [0.15, 0.2) is 0 Å². The zero-order chi connectivity index (χ0) is 17.8. The predicted octanol–water partition coefficient (Wildman–Crippen LogP) is 4.35. The van der Waals surface area contributed by atoms with Crippen molar-refractivity contribution >= 4 is 26.5 Å². The van der Waals surface area contributed by atoms with E-state index in [-0.39, 0.29) is 0 Å². The molecule has 0 saturated carbocycles. The van der Waals surface area contributed by atoms with Crippen LogP contribution in [0.4, 0.5) is 0 Å². The summed E-state index contributed by atoms with van der Waals surface area (Å²) in [5.41, 5.74) is 1.88. The minimum atomic E-state index is -1.45. The van der Waals surface area contributed by atoms with Crippen LogP contribution in [0.1, 0.15) is 0 Å². The molecule has 0 N–H and O–H groups in total. The predicted molar refractivity (Wildman–Crippen MR) is 112 cm³/mol. The van der Waals surface area contributed by atoms with Crippen LogP contribution in [0, 0.1) is 0 Å². The van der Waals surface area contributed by atoms with Crippen molar-refractivity contribution in [2.75, 3.05) is 0 Å². The molecule has 0 aliphatic carbocycles. The summed E-state index contributed by atoms with van der Waals surface area (Å²) in [6, 6.07) is 10.8. The number of hydrogen-bond donors (Lipinski definition) is 0. The summed E-state index contributed by atoms with van der Waals surface area (Å²) in [6.07, 6.45) is 8.10. The standard InChI is InChI=1S/C20H28N2Si2/c1-7-13-23(3,4)17-9-11-19(21-15-17)20-12-10-18(16-22-20)24(5,6)14-8-2/h7-12,15-16H,1-2,13-14H2,3-6H3. The van der Waals surface area contributed by atoms with Gasteiger partial charge in [0, 0.05) is 12.4 Å². The van der Waals surface area contributed by atoms with E-state index < -0.39 is 16.1 Å². The summed E-state index contributed by atoms with van der Waals surface area (Å²) in [6.45, 7) is 17.2. The van der Waals surface area contributed by atoms with E-state index in [1.165, 1.54) is 10.4 Å². The number of aromatic nitrogens is 2. The van der Waals surface area contributed by atoms with E-state index in [4.69, 9.17) is 0 Å². The smallest absolute Gasteiger partial charge is 0.0885 e. The molecule has 2 rings (SSSR count). The molecule has 0 radical (unpaired) electrons. The first-order valence-electron chi connectivity index (χ1n) is 8.45. The lowest BCUT2D eigenvalue weighted by Crippen LogP contribution is -2.41. The van der Waals surface area contributed by atoms with Crippen LogP contribution in [0.2, 0.25) is 38.3 Å². The first kappa shape index (κ1) is 18.6. The summed E-state index contributed by atoms with van der Waals surface area (Å²) in [5.74, 6) is 0. The van der Waals surface area contributed by atoms with Crippen LogP contribution in [0.25, 0.3) is 11.4 Å². The van der Waals surface area contributed by atoms with E-state index in [0.29, 0.717) is 0 Å². The summed E-state index contributed by atoms with van der Waals surface area (Å²) in [5, 5.41) is 2.73. The van der Waals surface area contributed by atoms with Crippen molar-refractivity contribution < 1.29 is 0 Å². The van der Waals surface area contributed by atoms with Gasteiger partial charge in [-0.2, -0.15) is 0 Å². The monoisotopic (exact) mass is 352 g/mol.